The molecule has 10 heteroatoms. The topological polar surface area (TPSA) is 103 Å². The summed E-state index contributed by atoms with van der Waals surface area (Å²) in [4.78, 5) is 4.40. The summed E-state index contributed by atoms with van der Waals surface area (Å²) < 4.78 is 37.8. The molecule has 0 spiro atoms. The zero-order valence-electron chi connectivity index (χ0n) is 12.8. The van der Waals surface area contributed by atoms with Crippen LogP contribution in [0.3, 0.4) is 0 Å². The normalized spacial score (nSPS) is 11.8. The van der Waals surface area contributed by atoms with E-state index in [-0.39, 0.29) is 11.4 Å². The Balaban J connectivity index is 1.65. The third kappa shape index (κ3) is 3.02. The van der Waals surface area contributed by atoms with Crippen molar-refractivity contribution < 1.29 is 8.42 Å². The number of benzene rings is 1. The molecule has 0 amide bonds. The SMILES string of the molecule is O=S(=O)(NCc1cccnc1-n1cccn1)c1cccc2nsnc12. The van der Waals surface area contributed by atoms with Gasteiger partial charge in [0.25, 0.3) is 0 Å². The third-order valence-corrected chi connectivity index (χ3v) is 5.56. The average Bonchev–Trinajstić information content (AvgIpc) is 3.31. The van der Waals surface area contributed by atoms with E-state index in [9.17, 15) is 8.42 Å². The minimum atomic E-state index is -3.74. The van der Waals surface area contributed by atoms with Gasteiger partial charge >= 0.3 is 0 Å². The highest BCUT2D eigenvalue weighted by Gasteiger charge is 2.20. The molecule has 0 fully saturated rings. The van der Waals surface area contributed by atoms with Gasteiger partial charge in [-0.25, -0.2) is 22.8 Å². The van der Waals surface area contributed by atoms with Crippen molar-refractivity contribution >= 4 is 32.8 Å². The lowest BCUT2D eigenvalue weighted by molar-refractivity contribution is 0.581. The Morgan fingerprint density at radius 1 is 1.08 bits per heavy atom. The van der Waals surface area contributed by atoms with Gasteiger partial charge in [0, 0.05) is 30.7 Å². The molecule has 0 aliphatic heterocycles. The number of nitrogens with one attached hydrogen (secondary N) is 1. The summed E-state index contributed by atoms with van der Waals surface area (Å²) in [6.45, 7) is 0.0827. The molecule has 1 aromatic carbocycles. The minimum Gasteiger partial charge on any atom is -0.237 e. The lowest BCUT2D eigenvalue weighted by Gasteiger charge is -2.10. The maximum atomic E-state index is 12.7. The fraction of sp³-hybridized carbons (Fsp3) is 0.0667. The highest BCUT2D eigenvalue weighted by Crippen LogP contribution is 2.21. The van der Waals surface area contributed by atoms with E-state index in [0.717, 1.165) is 11.7 Å². The molecule has 0 radical (unpaired) electrons. The third-order valence-electron chi connectivity index (χ3n) is 3.58. The number of aromatic nitrogens is 5. The predicted molar refractivity (Wildman–Crippen MR) is 92.8 cm³/mol. The van der Waals surface area contributed by atoms with Crippen LogP contribution >= 0.6 is 11.7 Å². The molecule has 25 heavy (non-hydrogen) atoms. The second kappa shape index (κ2) is 6.31. The predicted octanol–water partition coefficient (Wildman–Crippen LogP) is 1.75. The van der Waals surface area contributed by atoms with Crippen molar-refractivity contribution in [3.05, 3.63) is 60.6 Å². The Morgan fingerprint density at radius 3 is 2.84 bits per heavy atom. The maximum Gasteiger partial charge on any atom is 0.243 e. The summed E-state index contributed by atoms with van der Waals surface area (Å²) in [5, 5.41) is 4.14. The number of hydrogen-bond acceptors (Lipinski definition) is 7. The largest absolute Gasteiger partial charge is 0.243 e. The number of nitrogens with zero attached hydrogens (tertiary/aromatic N) is 5. The van der Waals surface area contributed by atoms with Gasteiger partial charge in [0.2, 0.25) is 10.0 Å². The monoisotopic (exact) mass is 372 g/mol. The van der Waals surface area contributed by atoms with E-state index in [0.29, 0.717) is 22.4 Å². The van der Waals surface area contributed by atoms with Crippen molar-refractivity contribution in [3.63, 3.8) is 0 Å². The summed E-state index contributed by atoms with van der Waals surface area (Å²) in [5.41, 5.74) is 1.64. The van der Waals surface area contributed by atoms with Gasteiger partial charge in [-0.1, -0.05) is 12.1 Å². The van der Waals surface area contributed by atoms with Crippen LogP contribution in [0.4, 0.5) is 0 Å². The quantitative estimate of drug-likeness (QED) is 0.572. The summed E-state index contributed by atoms with van der Waals surface area (Å²) in [5.74, 6) is 0.573. The van der Waals surface area contributed by atoms with Crippen LogP contribution in [0.15, 0.2) is 59.9 Å². The van der Waals surface area contributed by atoms with Crippen molar-refractivity contribution in [3.8, 4) is 5.82 Å². The smallest absolute Gasteiger partial charge is 0.237 e. The molecule has 4 aromatic rings. The van der Waals surface area contributed by atoms with Gasteiger partial charge in [-0.05, 0) is 24.3 Å². The summed E-state index contributed by atoms with van der Waals surface area (Å²) in [6.07, 6.45) is 5.03. The number of rotatable bonds is 5. The molecule has 0 aliphatic rings. The van der Waals surface area contributed by atoms with Crippen LogP contribution in [0.25, 0.3) is 16.9 Å². The fourth-order valence-corrected chi connectivity index (χ4v) is 4.19. The Morgan fingerprint density at radius 2 is 2.00 bits per heavy atom. The Hall–Kier alpha value is -2.69. The van der Waals surface area contributed by atoms with E-state index in [1.54, 1.807) is 53.6 Å². The van der Waals surface area contributed by atoms with Crippen LogP contribution in [0, 0.1) is 0 Å². The molecule has 4 rings (SSSR count). The molecular weight excluding hydrogens is 360 g/mol. The molecule has 126 valence electrons. The first-order chi connectivity index (χ1) is 12.1. The van der Waals surface area contributed by atoms with Gasteiger partial charge in [0.05, 0.1) is 11.7 Å². The molecule has 1 N–H and O–H groups in total. The van der Waals surface area contributed by atoms with Gasteiger partial charge in [-0.3, -0.25) is 0 Å². The Bertz CT molecular complexity index is 1120. The van der Waals surface area contributed by atoms with Crippen LogP contribution in [0.5, 0.6) is 0 Å². The van der Waals surface area contributed by atoms with Crippen LogP contribution < -0.4 is 4.72 Å². The zero-order valence-corrected chi connectivity index (χ0v) is 14.4. The first-order valence-electron chi connectivity index (χ1n) is 7.30. The number of fused-ring (bicyclic) bond motifs is 1. The summed E-state index contributed by atoms with van der Waals surface area (Å²) in [7, 11) is -3.74. The number of hydrogen-bond donors (Lipinski definition) is 1. The van der Waals surface area contributed by atoms with Crippen molar-refractivity contribution in [2.45, 2.75) is 11.4 Å². The number of pyridine rings is 1. The molecule has 3 aromatic heterocycles. The zero-order chi connectivity index (χ0) is 17.3. The van der Waals surface area contributed by atoms with Gasteiger partial charge < -0.3 is 0 Å². The van der Waals surface area contributed by atoms with E-state index < -0.39 is 10.0 Å². The fourth-order valence-electron chi connectivity index (χ4n) is 2.42. The average molecular weight is 372 g/mol. The van der Waals surface area contributed by atoms with Crippen LogP contribution in [-0.2, 0) is 16.6 Å². The highest BCUT2D eigenvalue weighted by molar-refractivity contribution is 7.89. The second-order valence-corrected chi connectivity index (χ2v) is 7.41. The van der Waals surface area contributed by atoms with Crippen molar-refractivity contribution in [1.29, 1.82) is 0 Å². The molecular formula is C15H12N6O2S2. The first kappa shape index (κ1) is 15.8. The molecule has 0 saturated carbocycles. The lowest BCUT2D eigenvalue weighted by Crippen LogP contribution is -2.24. The molecule has 0 bridgehead atoms. The summed E-state index contributed by atoms with van der Waals surface area (Å²) in [6, 6.07) is 10.2. The first-order valence-corrected chi connectivity index (χ1v) is 9.51. The van der Waals surface area contributed by atoms with Crippen molar-refractivity contribution in [1.82, 2.24) is 28.2 Å². The van der Waals surface area contributed by atoms with Crippen molar-refractivity contribution in [2.75, 3.05) is 0 Å². The van der Waals surface area contributed by atoms with Gasteiger partial charge in [-0.2, -0.15) is 13.8 Å². The Labute approximate surface area is 147 Å². The van der Waals surface area contributed by atoms with Crippen molar-refractivity contribution in [2.24, 2.45) is 0 Å². The van der Waals surface area contributed by atoms with Crippen LogP contribution in [0.1, 0.15) is 5.56 Å². The van der Waals surface area contributed by atoms with Gasteiger partial charge in [0.1, 0.15) is 15.9 Å². The highest BCUT2D eigenvalue weighted by atomic mass is 32.2. The molecule has 3 heterocycles. The van der Waals surface area contributed by atoms with Crippen LogP contribution in [-0.4, -0.2) is 31.9 Å². The van der Waals surface area contributed by atoms with E-state index in [2.05, 4.69) is 23.6 Å². The van der Waals surface area contributed by atoms with E-state index in [1.807, 2.05) is 0 Å². The van der Waals surface area contributed by atoms with E-state index >= 15 is 0 Å². The molecule has 0 unspecified atom stereocenters. The van der Waals surface area contributed by atoms with Gasteiger partial charge in [0.15, 0.2) is 5.82 Å². The standard InChI is InChI=1S/C15H12N6O2S2/c22-25(23,13-6-1-5-12-14(13)20-24-19-12)18-10-11-4-2-7-16-15(11)21-9-3-8-17-21/h1-9,18H,10H2. The summed E-state index contributed by atoms with van der Waals surface area (Å²) >= 11 is 0.985. The van der Waals surface area contributed by atoms with E-state index in [1.165, 1.54) is 6.07 Å². The Kier molecular flexibility index (Phi) is 3.99. The number of sulfonamides is 1. The molecule has 8 nitrogen and oxygen atoms in total. The van der Waals surface area contributed by atoms with E-state index in [4.69, 9.17) is 0 Å². The second-order valence-electron chi connectivity index (χ2n) is 5.15. The molecule has 0 aliphatic carbocycles. The van der Waals surface area contributed by atoms with Crippen LogP contribution in [0.2, 0.25) is 0 Å². The molecule has 0 saturated heterocycles. The maximum absolute atomic E-state index is 12.7. The minimum absolute atomic E-state index is 0.0827. The lowest BCUT2D eigenvalue weighted by atomic mass is 10.2. The molecule has 0 atom stereocenters. The van der Waals surface area contributed by atoms with Gasteiger partial charge in [-0.15, -0.1) is 0 Å².